The lowest BCUT2D eigenvalue weighted by molar-refractivity contribution is -0.157. The Hall–Kier alpha value is -2.82. The van der Waals surface area contributed by atoms with Crippen LogP contribution in [-0.2, 0) is 16.0 Å². The predicted octanol–water partition coefficient (Wildman–Crippen LogP) is 6.56. The molecular weight excluding hydrogens is 436 g/mol. The summed E-state index contributed by atoms with van der Waals surface area (Å²) >= 11 is 0. The van der Waals surface area contributed by atoms with Gasteiger partial charge in [-0.15, -0.1) is 0 Å². The monoisotopic (exact) mass is 478 g/mol. The number of para-hydroxylation sites is 1. The van der Waals surface area contributed by atoms with Crippen molar-refractivity contribution < 1.29 is 14.6 Å². The van der Waals surface area contributed by atoms with Crippen LogP contribution < -0.4 is 4.90 Å². The van der Waals surface area contributed by atoms with E-state index in [-0.39, 0.29) is 17.8 Å². The van der Waals surface area contributed by atoms with Gasteiger partial charge in [0.15, 0.2) is 0 Å². The van der Waals surface area contributed by atoms with Crippen molar-refractivity contribution in [3.63, 3.8) is 0 Å². The molecule has 0 bridgehead atoms. The lowest BCUT2D eigenvalue weighted by Gasteiger charge is -2.39. The van der Waals surface area contributed by atoms with Gasteiger partial charge in [-0.25, -0.2) is 4.79 Å². The molecule has 0 unspecified atom stereocenters. The minimum absolute atomic E-state index is 0.0732. The highest BCUT2D eigenvalue weighted by molar-refractivity contribution is 6.03. The SMILES string of the molecule is CC/C(=N\C)N(c1ccccc1C)[C@H](Cc1ccc(O)cc1)C(=O)O[C@@H]1C[C@H](C)CC[C@H]1C(C)C. The third-order valence-electron chi connectivity index (χ3n) is 7.41. The van der Waals surface area contributed by atoms with E-state index in [1.165, 1.54) is 6.42 Å². The molecule has 4 atom stereocenters. The first-order valence-electron chi connectivity index (χ1n) is 13.0. The van der Waals surface area contributed by atoms with E-state index in [2.05, 4.69) is 50.6 Å². The van der Waals surface area contributed by atoms with Crippen molar-refractivity contribution >= 4 is 17.5 Å². The highest BCUT2D eigenvalue weighted by Gasteiger charge is 2.37. The van der Waals surface area contributed by atoms with Crippen LogP contribution in [0.1, 0.15) is 64.5 Å². The summed E-state index contributed by atoms with van der Waals surface area (Å²) in [6, 6.07) is 14.6. The molecule has 2 aromatic carbocycles. The molecule has 5 heteroatoms. The largest absolute Gasteiger partial charge is 0.508 e. The van der Waals surface area contributed by atoms with Gasteiger partial charge in [0.1, 0.15) is 23.7 Å². The molecular formula is C30H42N2O3. The van der Waals surface area contributed by atoms with E-state index in [9.17, 15) is 9.90 Å². The third-order valence-corrected chi connectivity index (χ3v) is 7.41. The topological polar surface area (TPSA) is 62.1 Å². The number of esters is 1. The maximum absolute atomic E-state index is 14.1. The highest BCUT2D eigenvalue weighted by atomic mass is 16.5. The molecule has 190 valence electrons. The molecule has 2 aromatic rings. The Morgan fingerprint density at radius 3 is 2.43 bits per heavy atom. The Morgan fingerprint density at radius 1 is 1.14 bits per heavy atom. The number of aryl methyl sites for hydroxylation is 1. The summed E-state index contributed by atoms with van der Waals surface area (Å²) in [5, 5.41) is 9.79. The van der Waals surface area contributed by atoms with Gasteiger partial charge < -0.3 is 14.7 Å². The standard InChI is InChI=1S/C30H42N2O3/c1-7-29(31-6)32(26-11-9-8-10-22(26)5)27(19-23-13-15-24(33)16-14-23)30(34)35-28-18-21(4)12-17-25(28)20(2)3/h8-11,13-16,20-21,25,27-28,33H,7,12,17-19H2,1-6H3/b31-29+/t21-,25+,27-,28-/m1/s1. The molecule has 35 heavy (non-hydrogen) atoms. The maximum atomic E-state index is 14.1. The van der Waals surface area contributed by atoms with Gasteiger partial charge in [0, 0.05) is 25.6 Å². The van der Waals surface area contributed by atoms with Crippen molar-refractivity contribution in [2.75, 3.05) is 11.9 Å². The van der Waals surface area contributed by atoms with Gasteiger partial charge >= 0.3 is 5.97 Å². The Balaban J connectivity index is 2.03. The number of amidine groups is 1. The molecule has 5 nitrogen and oxygen atoms in total. The Bertz CT molecular complexity index is 999. The van der Waals surface area contributed by atoms with Crippen LogP contribution in [0.3, 0.4) is 0 Å². The molecule has 1 N–H and O–H groups in total. The number of aliphatic imine (C=N–C) groups is 1. The minimum atomic E-state index is -0.565. The Morgan fingerprint density at radius 2 is 1.83 bits per heavy atom. The van der Waals surface area contributed by atoms with Gasteiger partial charge in [0.2, 0.25) is 0 Å². The van der Waals surface area contributed by atoms with E-state index in [0.29, 0.717) is 30.6 Å². The summed E-state index contributed by atoms with van der Waals surface area (Å²) in [5.74, 6) is 2.24. The van der Waals surface area contributed by atoms with E-state index in [0.717, 1.165) is 35.5 Å². The van der Waals surface area contributed by atoms with Gasteiger partial charge in [0.05, 0.1) is 0 Å². The first kappa shape index (κ1) is 26.8. The number of nitrogens with zero attached hydrogens (tertiary/aromatic N) is 2. The summed E-state index contributed by atoms with van der Waals surface area (Å²) in [7, 11) is 1.78. The average molecular weight is 479 g/mol. The molecule has 0 heterocycles. The van der Waals surface area contributed by atoms with Crippen molar-refractivity contribution in [3.05, 3.63) is 59.7 Å². The number of ether oxygens (including phenoxy) is 1. The van der Waals surface area contributed by atoms with Crippen LogP contribution in [0.4, 0.5) is 5.69 Å². The van der Waals surface area contributed by atoms with Crippen LogP contribution in [0, 0.1) is 24.7 Å². The quantitative estimate of drug-likeness (QED) is 0.265. The van der Waals surface area contributed by atoms with Crippen LogP contribution in [0.25, 0.3) is 0 Å². The summed E-state index contributed by atoms with van der Waals surface area (Å²) in [5.41, 5.74) is 3.01. The van der Waals surface area contributed by atoms with Crippen LogP contribution in [-0.4, -0.2) is 36.1 Å². The molecule has 0 amide bonds. The third kappa shape index (κ3) is 6.65. The first-order chi connectivity index (χ1) is 16.7. The van der Waals surface area contributed by atoms with Gasteiger partial charge in [0.25, 0.3) is 0 Å². The van der Waals surface area contributed by atoms with E-state index in [1.807, 2.05) is 30.3 Å². The fourth-order valence-electron chi connectivity index (χ4n) is 5.37. The smallest absolute Gasteiger partial charge is 0.329 e. The van der Waals surface area contributed by atoms with Crippen molar-refractivity contribution in [2.24, 2.45) is 22.7 Å². The zero-order chi connectivity index (χ0) is 25.5. The Kier molecular flexibility index (Phi) is 9.36. The Labute approximate surface area is 211 Å². The summed E-state index contributed by atoms with van der Waals surface area (Å²) < 4.78 is 6.39. The van der Waals surface area contributed by atoms with E-state index < -0.39 is 6.04 Å². The average Bonchev–Trinajstić information content (AvgIpc) is 2.83. The zero-order valence-electron chi connectivity index (χ0n) is 22.2. The predicted molar refractivity (Wildman–Crippen MR) is 144 cm³/mol. The second kappa shape index (κ2) is 12.2. The molecule has 0 aromatic heterocycles. The molecule has 1 aliphatic rings. The highest BCUT2D eigenvalue weighted by Crippen LogP contribution is 2.36. The van der Waals surface area contributed by atoms with Crippen LogP contribution >= 0.6 is 0 Å². The normalized spacial score (nSPS) is 21.6. The number of hydrogen-bond acceptors (Lipinski definition) is 4. The zero-order valence-corrected chi connectivity index (χ0v) is 22.2. The summed E-state index contributed by atoms with van der Waals surface area (Å²) in [6.45, 7) is 10.8. The van der Waals surface area contributed by atoms with Crippen LogP contribution in [0.2, 0.25) is 0 Å². The molecule has 0 spiro atoms. The number of aromatic hydroxyl groups is 1. The number of rotatable bonds is 8. The van der Waals surface area contributed by atoms with Crippen LogP contribution in [0.15, 0.2) is 53.5 Å². The fourth-order valence-corrected chi connectivity index (χ4v) is 5.37. The summed E-state index contributed by atoms with van der Waals surface area (Å²) in [4.78, 5) is 20.7. The van der Waals surface area contributed by atoms with Crippen molar-refractivity contribution in [1.29, 1.82) is 0 Å². The van der Waals surface area contributed by atoms with Gasteiger partial charge in [-0.2, -0.15) is 0 Å². The number of carbonyl (C=O) groups excluding carboxylic acids is 1. The minimum Gasteiger partial charge on any atom is -0.508 e. The second-order valence-corrected chi connectivity index (χ2v) is 10.3. The van der Waals surface area contributed by atoms with E-state index >= 15 is 0 Å². The molecule has 0 radical (unpaired) electrons. The molecule has 3 rings (SSSR count). The van der Waals surface area contributed by atoms with E-state index in [1.54, 1.807) is 19.2 Å². The number of carbonyl (C=O) groups is 1. The number of phenolic OH excluding ortho intramolecular Hbond substituents is 1. The number of benzene rings is 2. The van der Waals surface area contributed by atoms with Crippen molar-refractivity contribution in [2.45, 2.75) is 78.9 Å². The second-order valence-electron chi connectivity index (χ2n) is 10.3. The lowest BCUT2D eigenvalue weighted by Crippen LogP contribution is -2.49. The maximum Gasteiger partial charge on any atom is 0.329 e. The molecule has 1 aliphatic carbocycles. The van der Waals surface area contributed by atoms with Gasteiger partial charge in [-0.1, -0.05) is 64.4 Å². The summed E-state index contributed by atoms with van der Waals surface area (Å²) in [6.07, 6.45) is 4.27. The lowest BCUT2D eigenvalue weighted by atomic mass is 9.75. The molecule has 1 fully saturated rings. The number of anilines is 1. The molecule has 0 saturated heterocycles. The van der Waals surface area contributed by atoms with Gasteiger partial charge in [-0.05, 0) is 66.8 Å². The van der Waals surface area contributed by atoms with Gasteiger partial charge in [-0.3, -0.25) is 4.99 Å². The van der Waals surface area contributed by atoms with Crippen molar-refractivity contribution in [1.82, 2.24) is 0 Å². The molecule has 0 aliphatic heterocycles. The van der Waals surface area contributed by atoms with E-state index in [4.69, 9.17) is 4.74 Å². The molecule has 1 saturated carbocycles. The first-order valence-corrected chi connectivity index (χ1v) is 13.0. The van der Waals surface area contributed by atoms with Crippen LogP contribution in [0.5, 0.6) is 5.75 Å². The fraction of sp³-hybridized carbons (Fsp3) is 0.533. The number of phenols is 1. The van der Waals surface area contributed by atoms with Crippen molar-refractivity contribution in [3.8, 4) is 5.75 Å². The number of hydrogen-bond donors (Lipinski definition) is 1.